The summed E-state index contributed by atoms with van der Waals surface area (Å²) >= 11 is 0. The molecule has 0 aromatic heterocycles. The molecule has 0 amide bonds. The lowest BCUT2D eigenvalue weighted by molar-refractivity contribution is 0.124. The van der Waals surface area contributed by atoms with Crippen molar-refractivity contribution in [1.29, 1.82) is 0 Å². The Morgan fingerprint density at radius 1 is 1.11 bits per heavy atom. The first-order chi connectivity index (χ1) is 8.83. The Kier molecular flexibility index (Phi) is 3.67. The molecule has 98 valence electrons. The highest BCUT2D eigenvalue weighted by molar-refractivity contribution is 5.14. The van der Waals surface area contributed by atoms with E-state index in [4.69, 9.17) is 0 Å². The molecule has 2 aliphatic rings. The Bertz CT molecular complexity index is 378. The summed E-state index contributed by atoms with van der Waals surface area (Å²) in [5.41, 5.74) is 1.44. The molecule has 1 aromatic rings. The van der Waals surface area contributed by atoms with Gasteiger partial charge in [0, 0.05) is 19.0 Å². The summed E-state index contributed by atoms with van der Waals surface area (Å²) in [6, 6.07) is 10.7. The number of aliphatic hydroxyl groups excluding tert-OH is 1. The minimum Gasteiger partial charge on any atom is -0.393 e. The predicted octanol–water partition coefficient (Wildman–Crippen LogP) is 2.32. The minimum atomic E-state index is -0.0193. The molecule has 0 radical (unpaired) electrons. The molecule has 0 spiro atoms. The quantitative estimate of drug-likeness (QED) is 0.880. The Hall–Kier alpha value is -0.860. The highest BCUT2D eigenvalue weighted by atomic mass is 16.3. The van der Waals surface area contributed by atoms with Gasteiger partial charge < -0.3 is 10.0 Å². The molecule has 18 heavy (non-hydrogen) atoms. The second-order valence-electron chi connectivity index (χ2n) is 5.92. The zero-order valence-electron chi connectivity index (χ0n) is 11.0. The maximum atomic E-state index is 9.89. The lowest BCUT2D eigenvalue weighted by Gasteiger charge is -2.17. The molecule has 1 aliphatic carbocycles. The van der Waals surface area contributed by atoms with Crippen LogP contribution in [0.4, 0.5) is 0 Å². The van der Waals surface area contributed by atoms with Crippen molar-refractivity contribution in [3.8, 4) is 0 Å². The van der Waals surface area contributed by atoms with E-state index in [0.29, 0.717) is 5.92 Å². The Balaban J connectivity index is 1.43. The summed E-state index contributed by atoms with van der Waals surface area (Å²) in [6.45, 7) is 3.53. The van der Waals surface area contributed by atoms with Crippen molar-refractivity contribution >= 4 is 0 Å². The monoisotopic (exact) mass is 245 g/mol. The van der Waals surface area contributed by atoms with E-state index in [1.807, 2.05) is 0 Å². The first kappa shape index (κ1) is 12.2. The maximum Gasteiger partial charge on any atom is 0.0583 e. The fraction of sp³-hybridized carbons (Fsp3) is 0.625. The lowest BCUT2D eigenvalue weighted by Crippen LogP contribution is -2.26. The van der Waals surface area contributed by atoms with Gasteiger partial charge in [-0.3, -0.25) is 0 Å². The first-order valence-electron chi connectivity index (χ1n) is 7.27. The number of aliphatic hydroxyl groups is 1. The van der Waals surface area contributed by atoms with Crippen molar-refractivity contribution < 1.29 is 5.11 Å². The fourth-order valence-corrected chi connectivity index (χ4v) is 3.66. The summed E-state index contributed by atoms with van der Waals surface area (Å²) in [5, 5.41) is 9.89. The van der Waals surface area contributed by atoms with E-state index in [9.17, 15) is 5.11 Å². The molecule has 1 aromatic carbocycles. The topological polar surface area (TPSA) is 23.5 Å². The molecule has 3 unspecified atom stereocenters. The van der Waals surface area contributed by atoms with Crippen LogP contribution in [0.3, 0.4) is 0 Å². The van der Waals surface area contributed by atoms with Gasteiger partial charge in [0.25, 0.3) is 0 Å². The van der Waals surface area contributed by atoms with Crippen LogP contribution < -0.4 is 0 Å². The summed E-state index contributed by atoms with van der Waals surface area (Å²) in [6.07, 6.45) is 4.66. The van der Waals surface area contributed by atoms with Crippen molar-refractivity contribution in [2.75, 3.05) is 19.6 Å². The van der Waals surface area contributed by atoms with Crippen LogP contribution in [-0.2, 0) is 6.42 Å². The molecule has 1 aliphatic heterocycles. The summed E-state index contributed by atoms with van der Waals surface area (Å²) in [7, 11) is 0. The Labute approximate surface area is 110 Å². The average Bonchev–Trinajstić information content (AvgIpc) is 2.94. The highest BCUT2D eigenvalue weighted by Crippen LogP contribution is 2.37. The third-order valence-electron chi connectivity index (χ3n) is 4.68. The molecule has 2 fully saturated rings. The number of rotatable bonds is 4. The molecule has 3 atom stereocenters. The Morgan fingerprint density at radius 3 is 2.72 bits per heavy atom. The van der Waals surface area contributed by atoms with Crippen molar-refractivity contribution in [2.45, 2.75) is 31.8 Å². The fourth-order valence-electron chi connectivity index (χ4n) is 3.66. The second kappa shape index (κ2) is 5.41. The van der Waals surface area contributed by atoms with Crippen molar-refractivity contribution in [3.63, 3.8) is 0 Å². The predicted molar refractivity (Wildman–Crippen MR) is 73.4 cm³/mol. The van der Waals surface area contributed by atoms with Gasteiger partial charge >= 0.3 is 0 Å². The van der Waals surface area contributed by atoms with Crippen molar-refractivity contribution in [2.24, 2.45) is 11.8 Å². The number of hydrogen-bond acceptors (Lipinski definition) is 2. The summed E-state index contributed by atoms with van der Waals surface area (Å²) < 4.78 is 0. The molecule has 3 rings (SSSR count). The number of benzene rings is 1. The van der Waals surface area contributed by atoms with Crippen molar-refractivity contribution in [1.82, 2.24) is 4.90 Å². The molecular weight excluding hydrogens is 222 g/mol. The average molecular weight is 245 g/mol. The SMILES string of the molecule is OC1CCC2CN(CCCc3ccccc3)CC12. The number of fused-ring (bicyclic) bond motifs is 1. The van der Waals surface area contributed by atoms with E-state index in [2.05, 4.69) is 35.2 Å². The molecule has 2 heteroatoms. The first-order valence-corrected chi connectivity index (χ1v) is 7.27. The molecule has 1 heterocycles. The number of hydrogen-bond donors (Lipinski definition) is 1. The Morgan fingerprint density at radius 2 is 1.94 bits per heavy atom. The summed E-state index contributed by atoms with van der Waals surface area (Å²) in [4.78, 5) is 2.56. The maximum absolute atomic E-state index is 9.89. The third-order valence-corrected chi connectivity index (χ3v) is 4.68. The minimum absolute atomic E-state index is 0.0193. The van der Waals surface area contributed by atoms with Crippen molar-refractivity contribution in [3.05, 3.63) is 35.9 Å². The standard InChI is InChI=1S/C16H23NO/c18-16-9-8-14-11-17(12-15(14)16)10-4-7-13-5-2-1-3-6-13/h1-3,5-6,14-16,18H,4,7-12H2. The van der Waals surface area contributed by atoms with E-state index in [-0.39, 0.29) is 6.10 Å². The van der Waals surface area contributed by atoms with E-state index in [0.717, 1.165) is 18.9 Å². The smallest absolute Gasteiger partial charge is 0.0583 e. The largest absolute Gasteiger partial charge is 0.393 e. The van der Waals surface area contributed by atoms with Gasteiger partial charge in [0.2, 0.25) is 0 Å². The molecule has 0 bridgehead atoms. The van der Waals surface area contributed by atoms with Gasteiger partial charge in [-0.05, 0) is 43.7 Å². The second-order valence-corrected chi connectivity index (χ2v) is 5.92. The third kappa shape index (κ3) is 2.60. The van der Waals surface area contributed by atoms with Gasteiger partial charge in [-0.15, -0.1) is 0 Å². The van der Waals surface area contributed by atoms with Crippen LogP contribution in [0.15, 0.2) is 30.3 Å². The molecule has 1 saturated heterocycles. The normalized spacial score (nSPS) is 31.7. The van der Waals surface area contributed by atoms with E-state index >= 15 is 0 Å². The molecule has 1 saturated carbocycles. The van der Waals surface area contributed by atoms with Gasteiger partial charge in [0.1, 0.15) is 0 Å². The van der Waals surface area contributed by atoms with Gasteiger partial charge in [0.05, 0.1) is 6.10 Å². The molecular formula is C16H23NO. The van der Waals surface area contributed by atoms with Crippen LogP contribution in [0, 0.1) is 11.8 Å². The number of aryl methyl sites for hydroxylation is 1. The van der Waals surface area contributed by atoms with Gasteiger partial charge in [-0.25, -0.2) is 0 Å². The zero-order valence-corrected chi connectivity index (χ0v) is 11.0. The van der Waals surface area contributed by atoms with E-state index in [1.54, 1.807) is 0 Å². The van der Waals surface area contributed by atoms with E-state index < -0.39 is 0 Å². The zero-order chi connectivity index (χ0) is 12.4. The lowest BCUT2D eigenvalue weighted by atomic mass is 10.00. The number of likely N-dealkylation sites (tertiary alicyclic amines) is 1. The number of nitrogens with zero attached hydrogens (tertiary/aromatic N) is 1. The van der Waals surface area contributed by atoms with Crippen LogP contribution in [-0.4, -0.2) is 35.7 Å². The van der Waals surface area contributed by atoms with Crippen LogP contribution in [0.25, 0.3) is 0 Å². The van der Waals surface area contributed by atoms with Gasteiger partial charge in [-0.1, -0.05) is 30.3 Å². The van der Waals surface area contributed by atoms with Crippen LogP contribution >= 0.6 is 0 Å². The molecule has 1 N–H and O–H groups in total. The molecule has 2 nitrogen and oxygen atoms in total. The van der Waals surface area contributed by atoms with Crippen LogP contribution in [0.1, 0.15) is 24.8 Å². The van der Waals surface area contributed by atoms with Crippen LogP contribution in [0.5, 0.6) is 0 Å². The van der Waals surface area contributed by atoms with Gasteiger partial charge in [0.15, 0.2) is 0 Å². The highest BCUT2D eigenvalue weighted by Gasteiger charge is 2.41. The van der Waals surface area contributed by atoms with E-state index in [1.165, 1.54) is 37.9 Å². The van der Waals surface area contributed by atoms with Gasteiger partial charge in [-0.2, -0.15) is 0 Å². The summed E-state index contributed by atoms with van der Waals surface area (Å²) in [5.74, 6) is 1.35. The van der Waals surface area contributed by atoms with Crippen LogP contribution in [0.2, 0.25) is 0 Å².